The Morgan fingerprint density at radius 2 is 1.62 bits per heavy atom. The molecule has 0 aromatic heterocycles. The van der Waals surface area contributed by atoms with Gasteiger partial charge in [0.05, 0.1) is 6.42 Å². The second-order valence-corrected chi connectivity index (χ2v) is 6.50. The van der Waals surface area contributed by atoms with Crippen molar-refractivity contribution in [3.63, 3.8) is 0 Å². The third-order valence-electron chi connectivity index (χ3n) is 3.90. The Labute approximate surface area is 171 Å². The molecule has 2 rings (SSSR count). The molecular weight excluding hydrogens is 398 g/mol. The lowest BCUT2D eigenvalue weighted by Gasteiger charge is -2.14. The van der Waals surface area contributed by atoms with Crippen LogP contribution in [0.25, 0.3) is 10.4 Å². The summed E-state index contributed by atoms with van der Waals surface area (Å²) in [5.41, 5.74) is 9.94. The van der Waals surface area contributed by atoms with Crippen LogP contribution < -0.4 is 10.6 Å². The van der Waals surface area contributed by atoms with Crippen molar-refractivity contribution in [2.45, 2.75) is 19.0 Å². The Hall–Kier alpha value is -3.55. The second-order valence-electron chi connectivity index (χ2n) is 6.07. The van der Waals surface area contributed by atoms with Crippen LogP contribution in [0.2, 0.25) is 5.02 Å². The monoisotopic (exact) mass is 415 g/mol. The number of hydrogen-bond donors (Lipinski definition) is 3. The van der Waals surface area contributed by atoms with Crippen LogP contribution in [0.4, 0.5) is 0 Å². The average molecular weight is 416 g/mol. The number of carbonyl (C=O) groups excluding carboxylic acids is 2. The van der Waals surface area contributed by atoms with Crippen molar-refractivity contribution in [2.75, 3.05) is 6.54 Å². The van der Waals surface area contributed by atoms with E-state index >= 15 is 0 Å². The third kappa shape index (κ3) is 7.17. The van der Waals surface area contributed by atoms with Crippen LogP contribution in [0.1, 0.15) is 32.7 Å². The van der Waals surface area contributed by atoms with Crippen LogP contribution in [-0.2, 0) is 11.3 Å². The Morgan fingerprint density at radius 3 is 2.21 bits per heavy atom. The van der Waals surface area contributed by atoms with E-state index < -0.39 is 17.9 Å². The molecule has 0 saturated heterocycles. The number of carboxylic acids is 1. The summed E-state index contributed by atoms with van der Waals surface area (Å²) in [4.78, 5) is 37.8. The Morgan fingerprint density at radius 1 is 1.03 bits per heavy atom. The Kier molecular flexibility index (Phi) is 8.02. The molecule has 150 valence electrons. The summed E-state index contributed by atoms with van der Waals surface area (Å²) in [6.45, 7) is 0.102. The fraction of sp³-hybridized carbons (Fsp3) is 0.211. The predicted molar refractivity (Wildman–Crippen MR) is 107 cm³/mol. The zero-order chi connectivity index (χ0) is 21.2. The van der Waals surface area contributed by atoms with Gasteiger partial charge in [0.2, 0.25) is 0 Å². The number of aliphatic carboxylic acids is 1. The number of carbonyl (C=O) groups is 3. The molecule has 0 unspecified atom stereocenters. The van der Waals surface area contributed by atoms with Crippen molar-refractivity contribution in [3.8, 4) is 0 Å². The lowest BCUT2D eigenvalue weighted by Crippen LogP contribution is -2.38. The highest BCUT2D eigenvalue weighted by Gasteiger charge is 2.16. The highest BCUT2D eigenvalue weighted by molar-refractivity contribution is 6.30. The average Bonchev–Trinajstić information content (AvgIpc) is 2.70. The lowest BCUT2D eigenvalue weighted by molar-refractivity contribution is -0.137. The zero-order valence-corrected chi connectivity index (χ0v) is 16.0. The molecule has 3 N–H and O–H groups in total. The minimum absolute atomic E-state index is 0.163. The molecule has 0 radical (unpaired) electrons. The Bertz CT molecular complexity index is 921. The van der Waals surface area contributed by atoms with Gasteiger partial charge in [0.1, 0.15) is 0 Å². The minimum atomic E-state index is -1.12. The molecule has 1 atom stereocenters. The van der Waals surface area contributed by atoms with Gasteiger partial charge in [-0.3, -0.25) is 14.4 Å². The number of carboxylic acid groups (broad SMARTS) is 1. The summed E-state index contributed by atoms with van der Waals surface area (Å²) in [5.74, 6) is -1.85. The number of hydrogen-bond acceptors (Lipinski definition) is 4. The summed E-state index contributed by atoms with van der Waals surface area (Å²) in [5, 5.41) is 18.0. The summed E-state index contributed by atoms with van der Waals surface area (Å²) in [6.07, 6.45) is -0.362. The molecular formula is C19H18ClN5O4. The minimum Gasteiger partial charge on any atom is -0.481 e. The van der Waals surface area contributed by atoms with E-state index in [2.05, 4.69) is 20.7 Å². The van der Waals surface area contributed by atoms with E-state index in [4.69, 9.17) is 22.2 Å². The van der Waals surface area contributed by atoms with Crippen molar-refractivity contribution in [2.24, 2.45) is 5.11 Å². The van der Waals surface area contributed by atoms with Crippen LogP contribution >= 0.6 is 11.6 Å². The maximum absolute atomic E-state index is 12.3. The second kappa shape index (κ2) is 10.7. The topological polar surface area (TPSA) is 144 Å². The predicted octanol–water partition coefficient (Wildman–Crippen LogP) is 3.15. The van der Waals surface area contributed by atoms with E-state index in [0.717, 1.165) is 5.56 Å². The molecule has 0 aliphatic heterocycles. The fourth-order valence-electron chi connectivity index (χ4n) is 2.44. The van der Waals surface area contributed by atoms with E-state index in [-0.39, 0.29) is 25.4 Å². The van der Waals surface area contributed by atoms with Gasteiger partial charge in [-0.2, -0.15) is 0 Å². The summed E-state index contributed by atoms with van der Waals surface area (Å²) < 4.78 is 0. The summed E-state index contributed by atoms with van der Waals surface area (Å²) in [6, 6.07) is 12.2. The molecule has 2 amide bonds. The quantitative estimate of drug-likeness (QED) is 0.328. The number of nitrogens with zero attached hydrogens (tertiary/aromatic N) is 3. The number of benzene rings is 2. The van der Waals surface area contributed by atoms with Crippen LogP contribution in [0.3, 0.4) is 0 Å². The molecule has 0 spiro atoms. The summed E-state index contributed by atoms with van der Waals surface area (Å²) in [7, 11) is 0. The van der Waals surface area contributed by atoms with E-state index in [0.29, 0.717) is 16.1 Å². The van der Waals surface area contributed by atoms with Crippen molar-refractivity contribution in [1.82, 2.24) is 10.6 Å². The van der Waals surface area contributed by atoms with Gasteiger partial charge in [0.15, 0.2) is 0 Å². The molecule has 0 aliphatic carbocycles. The van der Waals surface area contributed by atoms with Crippen LogP contribution in [0, 0.1) is 0 Å². The molecule has 0 aliphatic rings. The van der Waals surface area contributed by atoms with Gasteiger partial charge >= 0.3 is 5.97 Å². The van der Waals surface area contributed by atoms with Crippen molar-refractivity contribution >= 4 is 29.4 Å². The van der Waals surface area contributed by atoms with Crippen molar-refractivity contribution in [1.29, 1.82) is 0 Å². The number of azide groups is 1. The number of nitrogens with one attached hydrogen (secondary N) is 2. The number of rotatable bonds is 9. The van der Waals surface area contributed by atoms with Gasteiger partial charge in [-0.05, 0) is 47.5 Å². The molecule has 10 heteroatoms. The standard InChI is InChI=1S/C19H18ClN5O4/c20-15-7-5-13(6-8-15)18(28)22-10-12-1-3-14(4-2-12)19(29)24-16(9-17(26)27)11-23-25-21/h1-8,16H,9-11H2,(H,22,28)(H,24,29)(H,26,27)/t16-/m0/s1. The van der Waals surface area contributed by atoms with Crippen LogP contribution in [0.15, 0.2) is 53.6 Å². The largest absolute Gasteiger partial charge is 0.481 e. The van der Waals surface area contributed by atoms with Crippen LogP contribution in [0.5, 0.6) is 0 Å². The van der Waals surface area contributed by atoms with Crippen molar-refractivity contribution in [3.05, 3.63) is 80.7 Å². The first-order chi connectivity index (χ1) is 13.9. The highest BCUT2D eigenvalue weighted by Crippen LogP contribution is 2.10. The molecule has 2 aromatic rings. The van der Waals surface area contributed by atoms with E-state index in [9.17, 15) is 14.4 Å². The van der Waals surface area contributed by atoms with E-state index in [1.165, 1.54) is 0 Å². The van der Waals surface area contributed by atoms with Gasteiger partial charge in [0.25, 0.3) is 11.8 Å². The molecule has 0 fully saturated rings. The molecule has 29 heavy (non-hydrogen) atoms. The molecule has 0 heterocycles. The number of amides is 2. The van der Waals surface area contributed by atoms with Gasteiger partial charge in [-0.1, -0.05) is 28.8 Å². The first-order valence-corrected chi connectivity index (χ1v) is 8.93. The zero-order valence-electron chi connectivity index (χ0n) is 15.2. The normalized spacial score (nSPS) is 11.1. The fourth-order valence-corrected chi connectivity index (χ4v) is 2.56. The van der Waals surface area contributed by atoms with Gasteiger partial charge in [-0.15, -0.1) is 0 Å². The van der Waals surface area contributed by atoms with E-state index in [1.54, 1.807) is 48.5 Å². The van der Waals surface area contributed by atoms with Gasteiger partial charge in [-0.25, -0.2) is 0 Å². The molecule has 0 saturated carbocycles. The van der Waals surface area contributed by atoms with Crippen LogP contribution in [-0.4, -0.2) is 35.5 Å². The molecule has 0 bridgehead atoms. The number of halogens is 1. The first-order valence-electron chi connectivity index (χ1n) is 8.55. The summed E-state index contributed by atoms with van der Waals surface area (Å²) >= 11 is 5.80. The molecule has 2 aromatic carbocycles. The molecule has 9 nitrogen and oxygen atoms in total. The van der Waals surface area contributed by atoms with Crippen molar-refractivity contribution < 1.29 is 19.5 Å². The highest BCUT2D eigenvalue weighted by atomic mass is 35.5. The maximum Gasteiger partial charge on any atom is 0.305 e. The SMILES string of the molecule is [N-]=[N+]=NC[C@H](CC(=O)O)NC(=O)c1ccc(CNC(=O)c2ccc(Cl)cc2)cc1. The smallest absolute Gasteiger partial charge is 0.305 e. The first kappa shape index (κ1) is 21.7. The van der Waals surface area contributed by atoms with Gasteiger partial charge in [0, 0.05) is 40.2 Å². The lowest BCUT2D eigenvalue weighted by atomic mass is 10.1. The maximum atomic E-state index is 12.3. The Balaban J connectivity index is 1.93. The van der Waals surface area contributed by atoms with Gasteiger partial charge < -0.3 is 15.7 Å². The third-order valence-corrected chi connectivity index (χ3v) is 4.15. The van der Waals surface area contributed by atoms with E-state index in [1.807, 2.05) is 0 Å².